The van der Waals surface area contributed by atoms with E-state index in [2.05, 4.69) is 29.7 Å². The molecule has 1 aliphatic rings. The van der Waals surface area contributed by atoms with Crippen LogP contribution in [0.3, 0.4) is 0 Å². The van der Waals surface area contributed by atoms with Gasteiger partial charge in [0.1, 0.15) is 0 Å². The summed E-state index contributed by atoms with van der Waals surface area (Å²) in [5.74, 6) is 0.739. The molecule has 2 N–H and O–H groups in total. The van der Waals surface area contributed by atoms with Crippen molar-refractivity contribution < 1.29 is 4.79 Å². The number of hydrogen-bond acceptors (Lipinski definition) is 2. The van der Waals surface area contributed by atoms with Gasteiger partial charge in [-0.15, -0.1) is 0 Å². The van der Waals surface area contributed by atoms with Gasteiger partial charge in [0.2, 0.25) is 5.91 Å². The van der Waals surface area contributed by atoms with Crippen LogP contribution in [0.4, 0.5) is 0 Å². The van der Waals surface area contributed by atoms with E-state index in [0.29, 0.717) is 5.92 Å². The summed E-state index contributed by atoms with van der Waals surface area (Å²) in [4.78, 5) is 11.6. The Morgan fingerprint density at radius 1 is 1.44 bits per heavy atom. The SMILES string of the molecule is CC(CNC(=O)C1CNC1)c1ccccc1. The highest BCUT2D eigenvalue weighted by atomic mass is 16.2. The second kappa shape index (κ2) is 5.12. The second-order valence-corrected chi connectivity index (χ2v) is 4.41. The molecule has 2 rings (SSSR count). The number of carbonyl (C=O) groups is 1. The predicted molar refractivity (Wildman–Crippen MR) is 64.2 cm³/mol. The molecule has 0 radical (unpaired) electrons. The molecule has 86 valence electrons. The molecule has 1 amide bonds. The maximum Gasteiger partial charge on any atom is 0.225 e. The van der Waals surface area contributed by atoms with Crippen molar-refractivity contribution in [2.24, 2.45) is 5.92 Å². The Labute approximate surface area is 96.2 Å². The minimum atomic E-state index is 0.182. The number of amides is 1. The number of rotatable bonds is 4. The van der Waals surface area contributed by atoms with Crippen LogP contribution in [-0.4, -0.2) is 25.5 Å². The zero-order valence-electron chi connectivity index (χ0n) is 9.57. The van der Waals surface area contributed by atoms with E-state index in [1.54, 1.807) is 0 Å². The van der Waals surface area contributed by atoms with Crippen molar-refractivity contribution in [2.75, 3.05) is 19.6 Å². The lowest BCUT2D eigenvalue weighted by atomic mass is 9.99. The van der Waals surface area contributed by atoms with Crippen LogP contribution >= 0.6 is 0 Å². The first-order chi connectivity index (χ1) is 7.77. The van der Waals surface area contributed by atoms with Crippen molar-refractivity contribution >= 4 is 5.91 Å². The van der Waals surface area contributed by atoms with Crippen LogP contribution in [0.2, 0.25) is 0 Å². The molecule has 3 heteroatoms. The van der Waals surface area contributed by atoms with Crippen LogP contribution in [0.5, 0.6) is 0 Å². The molecular weight excluding hydrogens is 200 g/mol. The standard InChI is InChI=1S/C13H18N2O/c1-10(11-5-3-2-4-6-11)7-15-13(16)12-8-14-9-12/h2-6,10,12,14H,7-9H2,1H3,(H,15,16). The third-order valence-corrected chi connectivity index (χ3v) is 3.10. The lowest BCUT2D eigenvalue weighted by Crippen LogP contribution is -2.51. The first-order valence-electron chi connectivity index (χ1n) is 5.80. The zero-order valence-corrected chi connectivity index (χ0v) is 9.57. The lowest BCUT2D eigenvalue weighted by Gasteiger charge is -2.26. The van der Waals surface area contributed by atoms with Gasteiger partial charge in [-0.2, -0.15) is 0 Å². The van der Waals surface area contributed by atoms with Gasteiger partial charge in [-0.25, -0.2) is 0 Å². The van der Waals surface area contributed by atoms with E-state index in [-0.39, 0.29) is 11.8 Å². The van der Waals surface area contributed by atoms with E-state index < -0.39 is 0 Å². The first-order valence-corrected chi connectivity index (χ1v) is 5.80. The van der Waals surface area contributed by atoms with Gasteiger partial charge in [-0.1, -0.05) is 37.3 Å². The van der Waals surface area contributed by atoms with Crippen molar-refractivity contribution in [3.8, 4) is 0 Å². The van der Waals surface area contributed by atoms with Gasteiger partial charge in [-0.05, 0) is 11.5 Å². The normalized spacial score (nSPS) is 17.6. The van der Waals surface area contributed by atoms with Crippen LogP contribution in [-0.2, 0) is 4.79 Å². The Morgan fingerprint density at radius 2 is 2.12 bits per heavy atom. The van der Waals surface area contributed by atoms with E-state index in [9.17, 15) is 4.79 Å². The van der Waals surface area contributed by atoms with Crippen molar-refractivity contribution in [2.45, 2.75) is 12.8 Å². The van der Waals surface area contributed by atoms with Gasteiger partial charge in [0, 0.05) is 19.6 Å². The minimum absolute atomic E-state index is 0.182. The summed E-state index contributed by atoms with van der Waals surface area (Å²) in [5.41, 5.74) is 1.27. The van der Waals surface area contributed by atoms with Crippen LogP contribution in [0.25, 0.3) is 0 Å². The van der Waals surface area contributed by atoms with Crippen LogP contribution in [0, 0.1) is 5.92 Å². The maximum absolute atomic E-state index is 11.6. The number of benzene rings is 1. The molecule has 1 aromatic carbocycles. The quantitative estimate of drug-likeness (QED) is 0.795. The van der Waals surface area contributed by atoms with Crippen LogP contribution < -0.4 is 10.6 Å². The van der Waals surface area contributed by atoms with Gasteiger partial charge in [-0.3, -0.25) is 4.79 Å². The Bertz CT molecular complexity index is 346. The summed E-state index contributed by atoms with van der Waals surface area (Å²) in [7, 11) is 0. The zero-order chi connectivity index (χ0) is 11.4. The second-order valence-electron chi connectivity index (χ2n) is 4.41. The Kier molecular flexibility index (Phi) is 3.57. The summed E-state index contributed by atoms with van der Waals surface area (Å²) < 4.78 is 0. The summed E-state index contributed by atoms with van der Waals surface area (Å²) in [6, 6.07) is 10.3. The van der Waals surface area contributed by atoms with Gasteiger partial charge in [0.05, 0.1) is 5.92 Å². The predicted octanol–water partition coefficient (Wildman–Crippen LogP) is 1.13. The van der Waals surface area contributed by atoms with Crippen LogP contribution in [0.15, 0.2) is 30.3 Å². The summed E-state index contributed by atoms with van der Waals surface area (Å²) in [6.45, 7) is 4.51. The van der Waals surface area contributed by atoms with Gasteiger partial charge in [0.15, 0.2) is 0 Å². The Hall–Kier alpha value is -1.35. The topological polar surface area (TPSA) is 41.1 Å². The third kappa shape index (κ3) is 2.61. The van der Waals surface area contributed by atoms with E-state index in [4.69, 9.17) is 0 Å². The van der Waals surface area contributed by atoms with Gasteiger partial charge < -0.3 is 10.6 Å². The number of hydrogen-bond donors (Lipinski definition) is 2. The van der Waals surface area contributed by atoms with Crippen LogP contribution in [0.1, 0.15) is 18.4 Å². The molecule has 1 aromatic rings. The van der Waals surface area contributed by atoms with Crippen molar-refractivity contribution in [1.29, 1.82) is 0 Å². The Morgan fingerprint density at radius 3 is 2.69 bits per heavy atom. The average molecular weight is 218 g/mol. The number of carbonyl (C=O) groups excluding carboxylic acids is 1. The molecule has 1 atom stereocenters. The highest BCUT2D eigenvalue weighted by Crippen LogP contribution is 2.13. The summed E-state index contributed by atoms with van der Waals surface area (Å²) >= 11 is 0. The molecule has 0 aliphatic carbocycles. The average Bonchev–Trinajstić information content (AvgIpc) is 2.25. The Balaban J connectivity index is 1.79. The molecule has 1 saturated heterocycles. The van der Waals surface area contributed by atoms with Crippen molar-refractivity contribution in [1.82, 2.24) is 10.6 Å². The highest BCUT2D eigenvalue weighted by molar-refractivity contribution is 5.80. The highest BCUT2D eigenvalue weighted by Gasteiger charge is 2.24. The molecule has 0 saturated carbocycles. The fourth-order valence-electron chi connectivity index (χ4n) is 1.77. The lowest BCUT2D eigenvalue weighted by molar-refractivity contribution is -0.126. The molecule has 1 fully saturated rings. The maximum atomic E-state index is 11.6. The molecular formula is C13H18N2O. The van der Waals surface area contributed by atoms with Gasteiger partial charge in [0.25, 0.3) is 0 Å². The molecule has 1 aliphatic heterocycles. The number of nitrogens with one attached hydrogen (secondary N) is 2. The molecule has 1 heterocycles. The molecule has 0 bridgehead atoms. The smallest absolute Gasteiger partial charge is 0.225 e. The third-order valence-electron chi connectivity index (χ3n) is 3.10. The summed E-state index contributed by atoms with van der Waals surface area (Å²) in [5, 5.41) is 6.10. The van der Waals surface area contributed by atoms with Crippen molar-refractivity contribution in [3.63, 3.8) is 0 Å². The molecule has 16 heavy (non-hydrogen) atoms. The van der Waals surface area contributed by atoms with E-state index in [1.807, 2.05) is 18.2 Å². The molecule has 3 nitrogen and oxygen atoms in total. The fraction of sp³-hybridized carbons (Fsp3) is 0.462. The van der Waals surface area contributed by atoms with E-state index >= 15 is 0 Å². The minimum Gasteiger partial charge on any atom is -0.355 e. The van der Waals surface area contributed by atoms with Crippen molar-refractivity contribution in [3.05, 3.63) is 35.9 Å². The fourth-order valence-corrected chi connectivity index (χ4v) is 1.77. The molecule has 0 spiro atoms. The first kappa shape index (κ1) is 11.1. The summed E-state index contributed by atoms with van der Waals surface area (Å²) in [6.07, 6.45) is 0. The largest absolute Gasteiger partial charge is 0.355 e. The molecule has 1 unspecified atom stereocenters. The molecule has 0 aromatic heterocycles. The van der Waals surface area contributed by atoms with E-state index in [0.717, 1.165) is 19.6 Å². The van der Waals surface area contributed by atoms with E-state index in [1.165, 1.54) is 5.56 Å². The van der Waals surface area contributed by atoms with Gasteiger partial charge >= 0.3 is 0 Å². The monoisotopic (exact) mass is 218 g/mol.